The first kappa shape index (κ1) is 17.1. The Kier molecular flexibility index (Phi) is 9.05. The second kappa shape index (κ2) is 7.93. The lowest BCUT2D eigenvalue weighted by atomic mass is 10.2. The third-order valence-electron chi connectivity index (χ3n) is 2.25. The molecule has 4 nitrogen and oxygen atoms in total. The zero-order valence-electron chi connectivity index (χ0n) is 9.22. The van der Waals surface area contributed by atoms with Crippen LogP contribution in [-0.2, 0) is 13.6 Å². The van der Waals surface area contributed by atoms with E-state index in [4.69, 9.17) is 5.11 Å². The van der Waals surface area contributed by atoms with E-state index < -0.39 is 0 Å². The van der Waals surface area contributed by atoms with E-state index in [0.717, 1.165) is 12.2 Å². The zero-order chi connectivity index (χ0) is 9.84. The first-order valence-corrected chi connectivity index (χ1v) is 4.47. The normalized spacial score (nSPS) is 9.33. The van der Waals surface area contributed by atoms with Gasteiger partial charge in [0.05, 0.1) is 12.3 Å². The van der Waals surface area contributed by atoms with E-state index in [1.54, 1.807) is 0 Å². The molecule has 1 aromatic heterocycles. The molecule has 0 aliphatic heterocycles. The van der Waals surface area contributed by atoms with Crippen LogP contribution in [-0.4, -0.2) is 28.0 Å². The Balaban J connectivity index is 0. The molecule has 2 N–H and O–H groups in total. The van der Waals surface area contributed by atoms with Crippen molar-refractivity contribution in [1.29, 1.82) is 0 Å². The van der Waals surface area contributed by atoms with Crippen LogP contribution in [0, 0.1) is 13.8 Å². The Labute approximate surface area is 103 Å². The van der Waals surface area contributed by atoms with Gasteiger partial charge in [-0.3, -0.25) is 4.68 Å². The first-order valence-electron chi connectivity index (χ1n) is 4.47. The SMILES string of the molecule is Cc1nn(C)c(C)c1CNCCO.[Cl-].[Cl-]. The van der Waals surface area contributed by atoms with Crippen LogP contribution in [0.5, 0.6) is 0 Å². The molecule has 1 rings (SSSR count). The Morgan fingerprint density at radius 2 is 1.93 bits per heavy atom. The van der Waals surface area contributed by atoms with E-state index in [-0.39, 0.29) is 31.4 Å². The zero-order valence-corrected chi connectivity index (χ0v) is 10.7. The number of aromatic nitrogens is 2. The molecule has 0 saturated carbocycles. The molecule has 0 bridgehead atoms. The van der Waals surface area contributed by atoms with Crippen molar-refractivity contribution in [2.24, 2.45) is 7.05 Å². The summed E-state index contributed by atoms with van der Waals surface area (Å²) in [5.74, 6) is 0. The highest BCUT2D eigenvalue weighted by Crippen LogP contribution is 2.10. The van der Waals surface area contributed by atoms with Crippen LogP contribution < -0.4 is 30.1 Å². The van der Waals surface area contributed by atoms with Gasteiger partial charge in [-0.15, -0.1) is 0 Å². The Morgan fingerprint density at radius 3 is 2.33 bits per heavy atom. The number of aryl methyl sites for hydroxylation is 2. The molecule has 0 aromatic carbocycles. The van der Waals surface area contributed by atoms with Gasteiger partial charge in [0, 0.05) is 31.4 Å². The first-order chi connectivity index (χ1) is 6.16. The molecule has 0 aliphatic rings. The summed E-state index contributed by atoms with van der Waals surface area (Å²) in [6, 6.07) is 0. The summed E-state index contributed by atoms with van der Waals surface area (Å²) in [4.78, 5) is 0. The standard InChI is InChI=1S/C9H17N3O.2ClH/c1-7-9(6-10-4-5-13)8(2)12(3)11-7;;/h10,13H,4-6H2,1-3H3;2*1H/p-2. The van der Waals surface area contributed by atoms with Gasteiger partial charge in [-0.2, -0.15) is 5.10 Å². The van der Waals surface area contributed by atoms with Gasteiger partial charge in [-0.25, -0.2) is 0 Å². The minimum Gasteiger partial charge on any atom is -1.00 e. The summed E-state index contributed by atoms with van der Waals surface area (Å²) >= 11 is 0. The Bertz CT molecular complexity index is 289. The fourth-order valence-electron chi connectivity index (χ4n) is 1.37. The highest BCUT2D eigenvalue weighted by atomic mass is 35.5. The van der Waals surface area contributed by atoms with Crippen molar-refractivity contribution in [1.82, 2.24) is 15.1 Å². The average Bonchev–Trinajstić information content (AvgIpc) is 2.32. The number of aliphatic hydroxyl groups is 1. The molecular formula is C9H17Cl2N3O-2. The molecule has 0 unspecified atom stereocenters. The molecule has 0 spiro atoms. The van der Waals surface area contributed by atoms with Crippen LogP contribution >= 0.6 is 0 Å². The summed E-state index contributed by atoms with van der Waals surface area (Å²) < 4.78 is 1.88. The van der Waals surface area contributed by atoms with Crippen molar-refractivity contribution in [3.8, 4) is 0 Å². The van der Waals surface area contributed by atoms with Crippen LogP contribution in [0.4, 0.5) is 0 Å². The number of nitrogens with one attached hydrogen (secondary N) is 1. The van der Waals surface area contributed by atoms with E-state index in [1.807, 2.05) is 18.7 Å². The van der Waals surface area contributed by atoms with Gasteiger partial charge in [0.25, 0.3) is 0 Å². The van der Waals surface area contributed by atoms with Crippen molar-refractivity contribution >= 4 is 0 Å². The number of nitrogens with zero attached hydrogens (tertiary/aromatic N) is 2. The van der Waals surface area contributed by atoms with Gasteiger partial charge in [-0.05, 0) is 13.8 Å². The van der Waals surface area contributed by atoms with Gasteiger partial charge in [-0.1, -0.05) is 0 Å². The molecule has 6 heteroatoms. The van der Waals surface area contributed by atoms with E-state index in [2.05, 4.69) is 17.3 Å². The third-order valence-corrected chi connectivity index (χ3v) is 2.25. The summed E-state index contributed by atoms with van der Waals surface area (Å²) in [5, 5.41) is 16.1. The molecule has 15 heavy (non-hydrogen) atoms. The van der Waals surface area contributed by atoms with Gasteiger partial charge in [0.2, 0.25) is 0 Å². The van der Waals surface area contributed by atoms with Crippen molar-refractivity contribution in [3.63, 3.8) is 0 Å². The van der Waals surface area contributed by atoms with Crippen molar-refractivity contribution in [2.75, 3.05) is 13.2 Å². The Morgan fingerprint density at radius 1 is 1.33 bits per heavy atom. The minimum atomic E-state index is 0. The van der Waals surface area contributed by atoms with Crippen LogP contribution in [0.1, 0.15) is 17.0 Å². The summed E-state index contributed by atoms with van der Waals surface area (Å²) in [5.41, 5.74) is 3.48. The predicted octanol–water partition coefficient (Wildman–Crippen LogP) is -5.87. The van der Waals surface area contributed by atoms with E-state index >= 15 is 0 Å². The second-order valence-electron chi connectivity index (χ2n) is 3.17. The second-order valence-corrected chi connectivity index (χ2v) is 3.17. The van der Waals surface area contributed by atoms with Crippen LogP contribution in [0.25, 0.3) is 0 Å². The number of aliphatic hydroxyl groups excluding tert-OH is 1. The van der Waals surface area contributed by atoms with E-state index in [9.17, 15) is 0 Å². The Hall–Kier alpha value is -0.290. The maximum Gasteiger partial charge on any atom is 0.0641 e. The van der Waals surface area contributed by atoms with Crippen LogP contribution in [0.3, 0.4) is 0 Å². The van der Waals surface area contributed by atoms with Gasteiger partial charge in [0.15, 0.2) is 0 Å². The lowest BCUT2D eigenvalue weighted by molar-refractivity contribution is -0.001000. The van der Waals surface area contributed by atoms with Crippen LogP contribution in [0.15, 0.2) is 0 Å². The maximum atomic E-state index is 8.60. The van der Waals surface area contributed by atoms with E-state index in [1.165, 1.54) is 11.3 Å². The topological polar surface area (TPSA) is 50.1 Å². The molecule has 0 saturated heterocycles. The van der Waals surface area contributed by atoms with Gasteiger partial charge < -0.3 is 35.2 Å². The van der Waals surface area contributed by atoms with Crippen molar-refractivity contribution < 1.29 is 29.9 Å². The summed E-state index contributed by atoms with van der Waals surface area (Å²) in [6.45, 7) is 5.65. The lowest BCUT2D eigenvalue weighted by Crippen LogP contribution is -3.00. The molecule has 0 atom stereocenters. The van der Waals surface area contributed by atoms with Crippen molar-refractivity contribution in [2.45, 2.75) is 20.4 Å². The largest absolute Gasteiger partial charge is 1.00 e. The molecule has 0 aliphatic carbocycles. The summed E-state index contributed by atoms with van der Waals surface area (Å²) in [7, 11) is 1.94. The lowest BCUT2D eigenvalue weighted by Gasteiger charge is -2.02. The average molecular weight is 254 g/mol. The molecule has 90 valence electrons. The number of halogens is 2. The number of hydrogen-bond acceptors (Lipinski definition) is 3. The van der Waals surface area contributed by atoms with Gasteiger partial charge in [0.1, 0.15) is 0 Å². The molecule has 1 aromatic rings. The van der Waals surface area contributed by atoms with Crippen LogP contribution in [0.2, 0.25) is 0 Å². The molecule has 0 amide bonds. The highest BCUT2D eigenvalue weighted by Gasteiger charge is 2.07. The minimum absolute atomic E-state index is 0. The monoisotopic (exact) mass is 253 g/mol. The fraction of sp³-hybridized carbons (Fsp3) is 0.667. The number of hydrogen-bond donors (Lipinski definition) is 2. The highest BCUT2D eigenvalue weighted by molar-refractivity contribution is 5.23. The fourth-order valence-corrected chi connectivity index (χ4v) is 1.37. The van der Waals surface area contributed by atoms with Crippen molar-refractivity contribution in [3.05, 3.63) is 17.0 Å². The summed E-state index contributed by atoms with van der Waals surface area (Å²) in [6.07, 6.45) is 0. The molecule has 0 fully saturated rings. The third kappa shape index (κ3) is 4.38. The predicted molar refractivity (Wildman–Crippen MR) is 51.5 cm³/mol. The maximum absolute atomic E-state index is 8.60. The molecule has 0 radical (unpaired) electrons. The molecular weight excluding hydrogens is 237 g/mol. The smallest absolute Gasteiger partial charge is 0.0641 e. The van der Waals surface area contributed by atoms with Gasteiger partial charge >= 0.3 is 0 Å². The number of rotatable bonds is 4. The molecule has 1 heterocycles. The quantitative estimate of drug-likeness (QED) is 0.526. The van der Waals surface area contributed by atoms with E-state index in [0.29, 0.717) is 6.54 Å².